The van der Waals surface area contributed by atoms with Crippen LogP contribution >= 0.6 is 0 Å². The van der Waals surface area contributed by atoms with Crippen molar-refractivity contribution in [1.82, 2.24) is 20.3 Å². The van der Waals surface area contributed by atoms with Crippen LogP contribution in [0.1, 0.15) is 29.1 Å². The summed E-state index contributed by atoms with van der Waals surface area (Å²) in [6, 6.07) is 2.23. The highest BCUT2D eigenvalue weighted by molar-refractivity contribution is 5.76. The topological polar surface area (TPSA) is 75.4 Å². The van der Waals surface area contributed by atoms with E-state index in [1.807, 2.05) is 18.7 Å². The van der Waals surface area contributed by atoms with E-state index in [-0.39, 0.29) is 5.91 Å². The van der Waals surface area contributed by atoms with Crippen LogP contribution in [-0.2, 0) is 17.4 Å². The van der Waals surface area contributed by atoms with Crippen molar-refractivity contribution in [1.29, 1.82) is 0 Å². The molecular formula is C17H20F3N5O2. The van der Waals surface area contributed by atoms with E-state index in [0.717, 1.165) is 23.1 Å². The average Bonchev–Trinajstić information content (AvgIpc) is 2.97. The van der Waals surface area contributed by atoms with Gasteiger partial charge < -0.3 is 14.3 Å². The lowest BCUT2D eigenvalue weighted by Crippen LogP contribution is -2.49. The Kier molecular flexibility index (Phi) is 5.33. The summed E-state index contributed by atoms with van der Waals surface area (Å²) in [5.41, 5.74) is 0.743. The zero-order valence-corrected chi connectivity index (χ0v) is 15.1. The molecule has 1 amide bonds. The van der Waals surface area contributed by atoms with E-state index in [2.05, 4.69) is 15.4 Å². The van der Waals surface area contributed by atoms with Gasteiger partial charge in [-0.15, -0.1) is 10.2 Å². The van der Waals surface area contributed by atoms with Gasteiger partial charge in [0.25, 0.3) is 0 Å². The van der Waals surface area contributed by atoms with Crippen LogP contribution in [0.5, 0.6) is 0 Å². The zero-order valence-electron chi connectivity index (χ0n) is 15.1. The Morgan fingerprint density at radius 1 is 1.15 bits per heavy atom. The fraction of sp³-hybridized carbons (Fsp3) is 0.529. The Morgan fingerprint density at radius 2 is 1.85 bits per heavy atom. The molecule has 146 valence electrons. The average molecular weight is 383 g/mol. The molecule has 2 aromatic heterocycles. The lowest BCUT2D eigenvalue weighted by Gasteiger charge is -2.35. The number of anilines is 1. The van der Waals surface area contributed by atoms with Gasteiger partial charge in [-0.05, 0) is 32.4 Å². The first-order chi connectivity index (χ1) is 12.8. The lowest BCUT2D eigenvalue weighted by atomic mass is 10.1. The first kappa shape index (κ1) is 19.1. The van der Waals surface area contributed by atoms with E-state index in [1.165, 1.54) is 6.07 Å². The molecule has 0 unspecified atom stereocenters. The molecule has 10 heteroatoms. The Hall–Kier alpha value is -2.65. The van der Waals surface area contributed by atoms with Gasteiger partial charge in [-0.3, -0.25) is 4.79 Å². The van der Waals surface area contributed by atoms with Crippen LogP contribution in [0, 0.1) is 13.8 Å². The molecule has 0 radical (unpaired) electrons. The van der Waals surface area contributed by atoms with E-state index < -0.39 is 11.9 Å². The summed E-state index contributed by atoms with van der Waals surface area (Å²) in [5, 5.41) is 10.8. The number of carbonyl (C=O) groups is 1. The van der Waals surface area contributed by atoms with Gasteiger partial charge in [0.2, 0.25) is 5.91 Å². The molecule has 3 rings (SSSR count). The molecule has 2 aromatic rings. The molecule has 1 aliphatic rings. The third-order valence-corrected chi connectivity index (χ3v) is 4.67. The molecule has 7 nitrogen and oxygen atoms in total. The molecule has 0 bridgehead atoms. The number of carbonyl (C=O) groups excluding carboxylic acids is 1. The quantitative estimate of drug-likeness (QED) is 0.807. The maximum Gasteiger partial charge on any atom is 0.435 e. The third-order valence-electron chi connectivity index (χ3n) is 4.67. The fourth-order valence-corrected chi connectivity index (χ4v) is 3.08. The smallest absolute Gasteiger partial charge is 0.361 e. The number of halogens is 3. The second kappa shape index (κ2) is 7.53. The number of aromatic nitrogens is 3. The minimum absolute atomic E-state index is 0.0353. The highest BCUT2D eigenvalue weighted by Gasteiger charge is 2.33. The van der Waals surface area contributed by atoms with Crippen molar-refractivity contribution >= 4 is 11.7 Å². The number of rotatable bonds is 4. The van der Waals surface area contributed by atoms with Crippen LogP contribution in [-0.4, -0.2) is 52.3 Å². The largest absolute Gasteiger partial charge is 0.435 e. The molecule has 0 atom stereocenters. The summed E-state index contributed by atoms with van der Waals surface area (Å²) < 4.78 is 42.8. The van der Waals surface area contributed by atoms with Gasteiger partial charge in [0, 0.05) is 38.2 Å². The molecule has 27 heavy (non-hydrogen) atoms. The van der Waals surface area contributed by atoms with Crippen molar-refractivity contribution < 1.29 is 22.5 Å². The van der Waals surface area contributed by atoms with Gasteiger partial charge in [0.15, 0.2) is 11.5 Å². The minimum Gasteiger partial charge on any atom is -0.361 e. The van der Waals surface area contributed by atoms with E-state index in [9.17, 15) is 18.0 Å². The summed E-state index contributed by atoms with van der Waals surface area (Å²) in [6.45, 7) is 5.64. The molecule has 1 fully saturated rings. The highest BCUT2D eigenvalue weighted by Crippen LogP contribution is 2.27. The monoisotopic (exact) mass is 383 g/mol. The second-order valence-electron chi connectivity index (χ2n) is 6.45. The number of nitrogens with zero attached hydrogens (tertiary/aromatic N) is 5. The van der Waals surface area contributed by atoms with Crippen LogP contribution in [0.15, 0.2) is 16.7 Å². The summed E-state index contributed by atoms with van der Waals surface area (Å²) in [6.07, 6.45) is -3.56. The van der Waals surface area contributed by atoms with Crippen LogP contribution in [0.3, 0.4) is 0 Å². The van der Waals surface area contributed by atoms with Crippen molar-refractivity contribution in [3.8, 4) is 0 Å². The Balaban J connectivity index is 1.52. The van der Waals surface area contributed by atoms with Crippen molar-refractivity contribution in [2.45, 2.75) is 32.9 Å². The number of hydrogen-bond acceptors (Lipinski definition) is 6. The SMILES string of the molecule is Cc1noc(C)c1CCC(=O)N1CCN(c2ccc(C(F)(F)F)nn2)CC1. The van der Waals surface area contributed by atoms with Gasteiger partial charge >= 0.3 is 6.18 Å². The van der Waals surface area contributed by atoms with E-state index >= 15 is 0 Å². The van der Waals surface area contributed by atoms with Crippen molar-refractivity contribution in [3.63, 3.8) is 0 Å². The molecule has 1 saturated heterocycles. The lowest BCUT2D eigenvalue weighted by molar-refractivity contribution is -0.141. The molecule has 0 spiro atoms. The number of alkyl halides is 3. The molecule has 3 heterocycles. The van der Waals surface area contributed by atoms with Gasteiger partial charge in [-0.2, -0.15) is 13.2 Å². The summed E-state index contributed by atoms with van der Waals surface area (Å²) >= 11 is 0. The number of aryl methyl sites for hydroxylation is 2. The van der Waals surface area contributed by atoms with Gasteiger partial charge in [-0.1, -0.05) is 5.16 Å². The zero-order chi connectivity index (χ0) is 19.6. The van der Waals surface area contributed by atoms with Crippen molar-refractivity contribution in [2.24, 2.45) is 0 Å². The maximum absolute atomic E-state index is 12.6. The second-order valence-corrected chi connectivity index (χ2v) is 6.45. The third kappa shape index (κ3) is 4.37. The predicted octanol–water partition coefficient (Wildman–Crippen LogP) is 2.38. The predicted molar refractivity (Wildman–Crippen MR) is 90.1 cm³/mol. The molecule has 1 aliphatic heterocycles. The fourth-order valence-electron chi connectivity index (χ4n) is 3.08. The Morgan fingerprint density at radius 3 is 2.37 bits per heavy atom. The van der Waals surface area contributed by atoms with Crippen molar-refractivity contribution in [3.05, 3.63) is 34.8 Å². The van der Waals surface area contributed by atoms with Gasteiger partial charge in [0.1, 0.15) is 5.76 Å². The van der Waals surface area contributed by atoms with Crippen LogP contribution in [0.4, 0.5) is 19.0 Å². The molecular weight excluding hydrogens is 363 g/mol. The van der Waals surface area contributed by atoms with Crippen LogP contribution in [0.25, 0.3) is 0 Å². The molecule has 0 saturated carbocycles. The van der Waals surface area contributed by atoms with E-state index in [1.54, 1.807) is 4.90 Å². The van der Waals surface area contributed by atoms with E-state index in [0.29, 0.717) is 44.8 Å². The number of hydrogen-bond donors (Lipinski definition) is 0. The highest BCUT2D eigenvalue weighted by atomic mass is 19.4. The first-order valence-electron chi connectivity index (χ1n) is 8.61. The number of amides is 1. The standard InChI is InChI=1S/C17H20F3N5O2/c1-11-13(12(2)27-23-11)3-6-16(26)25-9-7-24(8-10-25)15-5-4-14(21-22-15)17(18,19)20/h4-5H,3,6-10H2,1-2H3. The number of piperazine rings is 1. The van der Waals surface area contributed by atoms with Crippen LogP contribution in [0.2, 0.25) is 0 Å². The molecule has 0 aromatic carbocycles. The molecule has 0 aliphatic carbocycles. The van der Waals surface area contributed by atoms with E-state index in [4.69, 9.17) is 4.52 Å². The van der Waals surface area contributed by atoms with Crippen molar-refractivity contribution in [2.75, 3.05) is 31.1 Å². The first-order valence-corrected chi connectivity index (χ1v) is 8.61. The maximum atomic E-state index is 12.6. The summed E-state index contributed by atoms with van der Waals surface area (Å²) in [5.74, 6) is 1.14. The minimum atomic E-state index is -4.50. The van der Waals surface area contributed by atoms with Gasteiger partial charge in [0.05, 0.1) is 5.69 Å². The van der Waals surface area contributed by atoms with Crippen LogP contribution < -0.4 is 4.90 Å². The van der Waals surface area contributed by atoms with Gasteiger partial charge in [-0.25, -0.2) is 0 Å². The summed E-state index contributed by atoms with van der Waals surface area (Å²) in [4.78, 5) is 16.0. The molecule has 0 N–H and O–H groups in total. The Labute approximate surface area is 154 Å². The summed E-state index contributed by atoms with van der Waals surface area (Å²) in [7, 11) is 0. The normalized spacial score (nSPS) is 15.3. The Bertz CT molecular complexity index is 776.